The molecule has 4 heteroatoms. The highest BCUT2D eigenvalue weighted by Gasteiger charge is 2.12. The molecule has 0 fully saturated rings. The van der Waals surface area contributed by atoms with E-state index >= 15 is 0 Å². The Bertz CT molecular complexity index is 323. The number of aromatic carboxylic acids is 1. The SMILES string of the molecule is COCc1cccc(C(=O)O)c1F. The number of halogens is 1. The third kappa shape index (κ3) is 2.03. The molecule has 0 aliphatic carbocycles. The van der Waals surface area contributed by atoms with Crippen molar-refractivity contribution in [2.24, 2.45) is 0 Å². The van der Waals surface area contributed by atoms with Crippen molar-refractivity contribution in [3.8, 4) is 0 Å². The highest BCUT2D eigenvalue weighted by Crippen LogP contribution is 2.13. The van der Waals surface area contributed by atoms with Crippen molar-refractivity contribution in [1.29, 1.82) is 0 Å². The van der Waals surface area contributed by atoms with Crippen molar-refractivity contribution in [2.75, 3.05) is 7.11 Å². The third-order valence-corrected chi connectivity index (χ3v) is 1.61. The van der Waals surface area contributed by atoms with Crippen LogP contribution in [0.5, 0.6) is 0 Å². The number of methoxy groups -OCH3 is 1. The Morgan fingerprint density at radius 2 is 2.31 bits per heavy atom. The van der Waals surface area contributed by atoms with Crippen molar-refractivity contribution < 1.29 is 19.0 Å². The Balaban J connectivity index is 3.10. The van der Waals surface area contributed by atoms with Crippen LogP contribution in [0.25, 0.3) is 0 Å². The first kappa shape index (κ1) is 9.67. The molecule has 1 aromatic carbocycles. The second-order valence-corrected chi connectivity index (χ2v) is 2.52. The summed E-state index contributed by atoms with van der Waals surface area (Å²) in [5, 5.41) is 8.58. The van der Waals surface area contributed by atoms with Crippen LogP contribution in [-0.2, 0) is 11.3 Å². The molecule has 3 nitrogen and oxygen atoms in total. The zero-order chi connectivity index (χ0) is 9.84. The van der Waals surface area contributed by atoms with Crippen molar-refractivity contribution in [1.82, 2.24) is 0 Å². The van der Waals surface area contributed by atoms with Crippen molar-refractivity contribution >= 4 is 5.97 Å². The molecule has 0 amide bonds. The molecule has 70 valence electrons. The Kier molecular flexibility index (Phi) is 2.97. The first-order valence-corrected chi connectivity index (χ1v) is 3.66. The molecule has 0 bridgehead atoms. The minimum Gasteiger partial charge on any atom is -0.478 e. The summed E-state index contributed by atoms with van der Waals surface area (Å²) in [5.74, 6) is -1.99. The summed E-state index contributed by atoms with van der Waals surface area (Å²) >= 11 is 0. The zero-order valence-corrected chi connectivity index (χ0v) is 7.08. The van der Waals surface area contributed by atoms with Gasteiger partial charge < -0.3 is 9.84 Å². The summed E-state index contributed by atoms with van der Waals surface area (Å²) in [7, 11) is 1.42. The predicted octanol–water partition coefficient (Wildman–Crippen LogP) is 1.67. The second kappa shape index (κ2) is 4.00. The summed E-state index contributed by atoms with van der Waals surface area (Å²) in [4.78, 5) is 10.5. The van der Waals surface area contributed by atoms with Gasteiger partial charge in [0.05, 0.1) is 12.2 Å². The van der Waals surface area contributed by atoms with E-state index in [0.29, 0.717) is 0 Å². The fraction of sp³-hybridized carbons (Fsp3) is 0.222. The number of hydrogen-bond donors (Lipinski definition) is 1. The van der Waals surface area contributed by atoms with E-state index in [1.54, 1.807) is 0 Å². The summed E-state index contributed by atoms with van der Waals surface area (Å²) in [5.41, 5.74) is -0.0723. The van der Waals surface area contributed by atoms with Gasteiger partial charge in [-0.05, 0) is 6.07 Å². The smallest absolute Gasteiger partial charge is 0.338 e. The third-order valence-electron chi connectivity index (χ3n) is 1.61. The molecule has 0 aliphatic rings. The van der Waals surface area contributed by atoms with Gasteiger partial charge in [-0.2, -0.15) is 0 Å². The summed E-state index contributed by atoms with van der Waals surface area (Å²) in [6.45, 7) is 0.0763. The van der Waals surface area contributed by atoms with Gasteiger partial charge >= 0.3 is 5.97 Å². The van der Waals surface area contributed by atoms with Crippen LogP contribution in [0.3, 0.4) is 0 Å². The molecule has 1 N–H and O–H groups in total. The standard InChI is InChI=1S/C9H9FO3/c1-13-5-6-3-2-4-7(8(6)10)9(11)12/h2-4H,5H2,1H3,(H,11,12). The van der Waals surface area contributed by atoms with Crippen LogP contribution in [0.15, 0.2) is 18.2 Å². The summed E-state index contributed by atoms with van der Waals surface area (Å²) < 4.78 is 18.0. The van der Waals surface area contributed by atoms with Gasteiger partial charge in [-0.25, -0.2) is 9.18 Å². The number of ether oxygens (including phenoxy) is 1. The van der Waals surface area contributed by atoms with E-state index in [1.165, 1.54) is 25.3 Å². The second-order valence-electron chi connectivity index (χ2n) is 2.52. The molecular formula is C9H9FO3. The molecule has 0 saturated heterocycles. The largest absolute Gasteiger partial charge is 0.478 e. The molecule has 1 aromatic rings. The molecule has 13 heavy (non-hydrogen) atoms. The molecule has 1 rings (SSSR count). The van der Waals surface area contributed by atoms with Crippen LogP contribution in [-0.4, -0.2) is 18.2 Å². The number of hydrogen-bond acceptors (Lipinski definition) is 2. The maximum atomic E-state index is 13.2. The lowest BCUT2D eigenvalue weighted by atomic mass is 10.1. The monoisotopic (exact) mass is 184 g/mol. The normalized spacial score (nSPS) is 10.0. The lowest BCUT2D eigenvalue weighted by Gasteiger charge is -2.03. The van der Waals surface area contributed by atoms with Gasteiger partial charge in [0.2, 0.25) is 0 Å². The summed E-state index contributed by atoms with van der Waals surface area (Å²) in [6.07, 6.45) is 0. The van der Waals surface area contributed by atoms with E-state index in [4.69, 9.17) is 9.84 Å². The van der Waals surface area contributed by atoms with E-state index in [0.717, 1.165) is 0 Å². The predicted molar refractivity (Wildman–Crippen MR) is 44.1 cm³/mol. The average molecular weight is 184 g/mol. The topological polar surface area (TPSA) is 46.5 Å². The van der Waals surface area contributed by atoms with Gasteiger partial charge in [0, 0.05) is 12.7 Å². The van der Waals surface area contributed by atoms with Gasteiger partial charge in [-0.3, -0.25) is 0 Å². The van der Waals surface area contributed by atoms with Crippen LogP contribution in [0.2, 0.25) is 0 Å². The zero-order valence-electron chi connectivity index (χ0n) is 7.08. The van der Waals surface area contributed by atoms with Crippen molar-refractivity contribution in [2.45, 2.75) is 6.61 Å². The Hall–Kier alpha value is -1.42. The molecule has 0 aromatic heterocycles. The molecule has 0 spiro atoms. The average Bonchev–Trinajstić information content (AvgIpc) is 2.08. The molecule has 0 saturated carbocycles. The molecular weight excluding hydrogens is 175 g/mol. The number of carboxylic acid groups (broad SMARTS) is 1. The minimum absolute atomic E-state index is 0.0763. The number of carboxylic acids is 1. The van der Waals surface area contributed by atoms with E-state index in [9.17, 15) is 9.18 Å². The van der Waals surface area contributed by atoms with Crippen LogP contribution in [0.1, 0.15) is 15.9 Å². The lowest BCUT2D eigenvalue weighted by molar-refractivity contribution is 0.0691. The number of carbonyl (C=O) groups is 1. The first-order chi connectivity index (χ1) is 6.16. The van der Waals surface area contributed by atoms with Gasteiger partial charge in [-0.1, -0.05) is 12.1 Å². The maximum absolute atomic E-state index is 13.2. The van der Waals surface area contributed by atoms with Crippen LogP contribution in [0.4, 0.5) is 4.39 Å². The lowest BCUT2D eigenvalue weighted by Crippen LogP contribution is -2.04. The van der Waals surface area contributed by atoms with Gasteiger partial charge in [0.15, 0.2) is 0 Å². The molecule has 0 unspecified atom stereocenters. The minimum atomic E-state index is -1.27. The molecule has 0 atom stereocenters. The van der Waals surface area contributed by atoms with E-state index < -0.39 is 11.8 Å². The van der Waals surface area contributed by atoms with Crippen molar-refractivity contribution in [3.63, 3.8) is 0 Å². The first-order valence-electron chi connectivity index (χ1n) is 3.66. The highest BCUT2D eigenvalue weighted by atomic mass is 19.1. The van der Waals surface area contributed by atoms with Gasteiger partial charge in [-0.15, -0.1) is 0 Å². The fourth-order valence-corrected chi connectivity index (χ4v) is 1.01. The van der Waals surface area contributed by atoms with Crippen LogP contribution < -0.4 is 0 Å². The highest BCUT2D eigenvalue weighted by molar-refractivity contribution is 5.88. The number of rotatable bonds is 3. The Morgan fingerprint density at radius 3 is 2.85 bits per heavy atom. The van der Waals surface area contributed by atoms with Crippen LogP contribution >= 0.6 is 0 Å². The van der Waals surface area contributed by atoms with Gasteiger partial charge in [0.25, 0.3) is 0 Å². The number of benzene rings is 1. The Labute approximate surface area is 74.8 Å². The molecule has 0 radical (unpaired) electrons. The van der Waals surface area contributed by atoms with Gasteiger partial charge in [0.1, 0.15) is 5.82 Å². The maximum Gasteiger partial charge on any atom is 0.338 e. The van der Waals surface area contributed by atoms with Crippen LogP contribution in [0, 0.1) is 5.82 Å². The molecule has 0 aliphatic heterocycles. The quantitative estimate of drug-likeness (QED) is 0.777. The van der Waals surface area contributed by atoms with E-state index in [-0.39, 0.29) is 17.7 Å². The van der Waals surface area contributed by atoms with E-state index in [2.05, 4.69) is 0 Å². The summed E-state index contributed by atoms with van der Waals surface area (Å²) in [6, 6.07) is 4.20. The van der Waals surface area contributed by atoms with E-state index in [1.807, 2.05) is 0 Å². The fourth-order valence-electron chi connectivity index (χ4n) is 1.01. The molecule has 0 heterocycles. The van der Waals surface area contributed by atoms with Crippen molar-refractivity contribution in [3.05, 3.63) is 35.1 Å². The Morgan fingerprint density at radius 1 is 1.62 bits per heavy atom.